The molecule has 0 aliphatic heterocycles. The van der Waals surface area contributed by atoms with Gasteiger partial charge in [0.2, 0.25) is 6.79 Å². The van der Waals surface area contributed by atoms with Gasteiger partial charge < -0.3 is 18.5 Å². The zero-order valence-corrected chi connectivity index (χ0v) is 39.5. The van der Waals surface area contributed by atoms with E-state index >= 15 is 0 Å². The second-order valence-electron chi connectivity index (χ2n) is 20.9. The van der Waals surface area contributed by atoms with Gasteiger partial charge >= 0.3 is 0 Å². The molecule has 2 aliphatic carbocycles. The minimum atomic E-state index is -0.221. The Labute approximate surface area is 357 Å². The number of ether oxygens (including phenoxy) is 2. The molecule has 1 unspecified atom stereocenters. The van der Waals surface area contributed by atoms with Crippen LogP contribution in [0.1, 0.15) is 181 Å². The first-order valence-corrected chi connectivity index (χ1v) is 23.0. The molecule has 0 saturated heterocycles. The molecular weight excluding hydrogens is 732 g/mol. The lowest BCUT2D eigenvalue weighted by Gasteiger charge is -2.36. The van der Waals surface area contributed by atoms with E-state index in [1.54, 1.807) is 0 Å². The highest BCUT2D eigenvalue weighted by molar-refractivity contribution is 7.27. The predicted octanol–water partition coefficient (Wildman–Crippen LogP) is 15.3. The van der Waals surface area contributed by atoms with Crippen LogP contribution in [0.15, 0.2) is 48.5 Å². The third-order valence-electron chi connectivity index (χ3n) is 12.4. The zero-order valence-electron chi connectivity index (χ0n) is 38.5. The summed E-state index contributed by atoms with van der Waals surface area (Å²) >= 11 is 0. The molecule has 6 rings (SSSR count). The number of rotatable bonds is 11. The van der Waals surface area contributed by atoms with Gasteiger partial charge in [-0.2, -0.15) is 0 Å². The van der Waals surface area contributed by atoms with Gasteiger partial charge in [-0.1, -0.05) is 133 Å². The molecule has 0 N–H and O–H groups in total. The van der Waals surface area contributed by atoms with E-state index in [9.17, 15) is 0 Å². The van der Waals surface area contributed by atoms with Crippen molar-refractivity contribution in [3.63, 3.8) is 0 Å². The SMILES string of the molecule is CCc1c(C(C)(C)C)cc(C(C)(C)C)c(OCOc2cccc3c2CCCC3)c1-c1c(CC)c(C(C)(C)C)cc(C(C)(C)C)c1OPOc1cccc2c1CCCC2.[HH].[HH]. The highest BCUT2D eigenvalue weighted by atomic mass is 31.1. The van der Waals surface area contributed by atoms with Gasteiger partial charge in [-0.05, 0) is 143 Å². The third-order valence-corrected chi connectivity index (χ3v) is 13.0. The summed E-state index contributed by atoms with van der Waals surface area (Å²) in [5, 5.41) is 0. The summed E-state index contributed by atoms with van der Waals surface area (Å²) in [5.74, 6) is 3.71. The molecule has 318 valence electrons. The van der Waals surface area contributed by atoms with E-state index in [4.69, 9.17) is 18.5 Å². The molecular formula is C53H77O4P. The average Bonchev–Trinajstić information content (AvgIpc) is 3.15. The van der Waals surface area contributed by atoms with Crippen LogP contribution in [0.2, 0.25) is 0 Å². The van der Waals surface area contributed by atoms with Gasteiger partial charge in [-0.25, -0.2) is 0 Å². The van der Waals surface area contributed by atoms with Crippen molar-refractivity contribution in [1.82, 2.24) is 0 Å². The molecule has 0 radical (unpaired) electrons. The molecule has 0 amide bonds. The summed E-state index contributed by atoms with van der Waals surface area (Å²) in [5.41, 5.74) is 14.8. The lowest BCUT2D eigenvalue weighted by Crippen LogP contribution is -2.24. The molecule has 0 bridgehead atoms. The van der Waals surface area contributed by atoms with Crippen molar-refractivity contribution in [2.45, 2.75) is 183 Å². The molecule has 5 heteroatoms. The largest absolute Gasteiger partial charge is 0.457 e. The summed E-state index contributed by atoms with van der Waals surface area (Å²) < 4.78 is 27.8. The minimum absolute atomic E-state index is 0. The van der Waals surface area contributed by atoms with Crippen LogP contribution in [-0.2, 0) is 60.2 Å². The van der Waals surface area contributed by atoms with Crippen LogP contribution in [0.3, 0.4) is 0 Å². The van der Waals surface area contributed by atoms with Crippen LogP contribution >= 0.6 is 9.03 Å². The molecule has 0 heterocycles. The number of aryl methyl sites for hydroxylation is 2. The van der Waals surface area contributed by atoms with Crippen LogP contribution in [-0.4, -0.2) is 6.79 Å². The van der Waals surface area contributed by atoms with Crippen molar-refractivity contribution in [2.75, 3.05) is 6.79 Å². The Kier molecular flexibility index (Phi) is 13.1. The highest BCUT2D eigenvalue weighted by Crippen LogP contribution is 2.54. The van der Waals surface area contributed by atoms with Gasteiger partial charge in [0.05, 0.1) is 0 Å². The maximum atomic E-state index is 7.21. The Bertz CT molecular complexity index is 1960. The van der Waals surface area contributed by atoms with Crippen LogP contribution in [0.25, 0.3) is 11.1 Å². The van der Waals surface area contributed by atoms with Gasteiger partial charge in [0.25, 0.3) is 9.03 Å². The van der Waals surface area contributed by atoms with Crippen molar-refractivity contribution < 1.29 is 21.4 Å². The van der Waals surface area contributed by atoms with Gasteiger partial charge in [0.15, 0.2) is 0 Å². The smallest absolute Gasteiger partial charge is 0.275 e. The average molecular weight is 809 g/mol. The standard InChI is InChI=1S/C53H73O4P.2H2/c1-15-36-40(50(3,4)5)31-42(52(9,10)11)48(55-33-54-44-29-21-25-34-23-17-19-27-38(34)44)46(36)47-37(16-2)41(51(6,7)8)32-43(53(12,13)14)49(47)57-58-56-45-30-22-26-35-24-18-20-28-39(35)45;;/h21-22,25-26,29-32,58H,15-20,23-24,27-28,33H2,1-14H3;2*1H. The summed E-state index contributed by atoms with van der Waals surface area (Å²) in [6.07, 6.45) is 10.9. The normalized spacial score (nSPS) is 15.0. The Hall–Kier alpha value is -3.49. The van der Waals surface area contributed by atoms with Gasteiger partial charge in [-0.3, -0.25) is 0 Å². The summed E-state index contributed by atoms with van der Waals surface area (Å²) in [4.78, 5) is 0. The summed E-state index contributed by atoms with van der Waals surface area (Å²) in [7, 11) is -0.208. The number of benzene rings is 4. The number of hydrogen-bond donors (Lipinski definition) is 0. The van der Waals surface area contributed by atoms with E-state index < -0.39 is 0 Å². The Morgan fingerprint density at radius 1 is 0.500 bits per heavy atom. The van der Waals surface area contributed by atoms with Crippen molar-refractivity contribution in [3.8, 4) is 34.1 Å². The van der Waals surface area contributed by atoms with E-state index in [2.05, 4.69) is 145 Å². The summed E-state index contributed by atoms with van der Waals surface area (Å²) in [6, 6.07) is 17.9. The maximum absolute atomic E-state index is 7.21. The minimum Gasteiger partial charge on any atom is -0.457 e. The second-order valence-corrected chi connectivity index (χ2v) is 21.5. The fourth-order valence-electron chi connectivity index (χ4n) is 9.36. The van der Waals surface area contributed by atoms with Crippen molar-refractivity contribution in [1.29, 1.82) is 0 Å². The van der Waals surface area contributed by atoms with E-state index in [1.165, 1.54) is 81.3 Å². The zero-order chi connectivity index (χ0) is 42.2. The fourth-order valence-corrected chi connectivity index (χ4v) is 9.98. The van der Waals surface area contributed by atoms with Crippen molar-refractivity contribution in [3.05, 3.63) is 104 Å². The number of hydrogen-bond acceptors (Lipinski definition) is 4. The quantitative estimate of drug-likeness (QED) is 0.112. The van der Waals surface area contributed by atoms with Crippen LogP contribution in [0, 0.1) is 0 Å². The summed E-state index contributed by atoms with van der Waals surface area (Å²) in [6.45, 7) is 32.7. The van der Waals surface area contributed by atoms with Crippen LogP contribution < -0.4 is 18.5 Å². The maximum Gasteiger partial charge on any atom is 0.275 e. The first-order valence-electron chi connectivity index (χ1n) is 22.2. The molecule has 4 aromatic carbocycles. The van der Waals surface area contributed by atoms with E-state index in [0.717, 1.165) is 72.6 Å². The van der Waals surface area contributed by atoms with Crippen molar-refractivity contribution in [2.24, 2.45) is 0 Å². The molecule has 4 nitrogen and oxygen atoms in total. The highest BCUT2D eigenvalue weighted by Gasteiger charge is 2.36. The molecule has 0 spiro atoms. The molecule has 58 heavy (non-hydrogen) atoms. The van der Waals surface area contributed by atoms with Crippen LogP contribution in [0.5, 0.6) is 23.0 Å². The lowest BCUT2D eigenvalue weighted by atomic mass is 9.71. The van der Waals surface area contributed by atoms with Gasteiger partial charge in [-0.15, -0.1) is 0 Å². The molecule has 0 aromatic heterocycles. The lowest BCUT2D eigenvalue weighted by molar-refractivity contribution is 0.117. The first-order chi connectivity index (χ1) is 27.3. The first kappa shape index (κ1) is 44.1. The van der Waals surface area contributed by atoms with Gasteiger partial charge in [0.1, 0.15) is 23.0 Å². The monoisotopic (exact) mass is 809 g/mol. The topological polar surface area (TPSA) is 36.9 Å². The molecule has 0 fully saturated rings. The van der Waals surface area contributed by atoms with Gasteiger partial charge in [0, 0.05) is 25.1 Å². The Balaban J connectivity index is 0.00000397. The van der Waals surface area contributed by atoms with E-state index in [1.807, 2.05) is 0 Å². The Morgan fingerprint density at radius 2 is 0.931 bits per heavy atom. The molecule has 4 aromatic rings. The fraction of sp³-hybridized carbons (Fsp3) is 0.547. The molecule has 2 aliphatic rings. The predicted molar refractivity (Wildman–Crippen MR) is 252 cm³/mol. The third kappa shape index (κ3) is 9.28. The molecule has 1 atom stereocenters. The Morgan fingerprint density at radius 3 is 1.41 bits per heavy atom. The van der Waals surface area contributed by atoms with E-state index in [0.29, 0.717) is 0 Å². The molecule has 0 saturated carbocycles. The number of fused-ring (bicyclic) bond motifs is 2. The van der Waals surface area contributed by atoms with Crippen LogP contribution in [0.4, 0.5) is 0 Å². The van der Waals surface area contributed by atoms with Crippen molar-refractivity contribution >= 4 is 9.03 Å². The second kappa shape index (κ2) is 17.2. The van der Waals surface area contributed by atoms with E-state index in [-0.39, 0.29) is 40.3 Å².